The SMILES string of the molecule is CCOc1ccc(S(=O)(=O)NC(C)(CN)C2CC2)cc1C. The molecule has 0 spiro atoms. The van der Waals surface area contributed by atoms with Crippen molar-refractivity contribution in [3.63, 3.8) is 0 Å². The summed E-state index contributed by atoms with van der Waals surface area (Å²) in [5, 5.41) is 0. The first kappa shape index (κ1) is 16.3. The molecule has 1 aliphatic rings. The largest absolute Gasteiger partial charge is 0.494 e. The number of rotatable bonds is 7. The van der Waals surface area contributed by atoms with Crippen LogP contribution in [0, 0.1) is 12.8 Å². The lowest BCUT2D eigenvalue weighted by Gasteiger charge is -2.29. The van der Waals surface area contributed by atoms with Crippen LogP contribution in [0.5, 0.6) is 5.75 Å². The zero-order valence-electron chi connectivity index (χ0n) is 12.8. The van der Waals surface area contributed by atoms with E-state index in [0.29, 0.717) is 24.8 Å². The average molecular weight is 312 g/mol. The van der Waals surface area contributed by atoms with Gasteiger partial charge in [0.2, 0.25) is 10.0 Å². The van der Waals surface area contributed by atoms with Gasteiger partial charge in [0.15, 0.2) is 0 Å². The normalized spacial score (nSPS) is 18.3. The summed E-state index contributed by atoms with van der Waals surface area (Å²) >= 11 is 0. The number of nitrogens with one attached hydrogen (secondary N) is 1. The Morgan fingerprint density at radius 1 is 1.43 bits per heavy atom. The third-order valence-corrected chi connectivity index (χ3v) is 5.64. The van der Waals surface area contributed by atoms with Crippen LogP contribution in [0.25, 0.3) is 0 Å². The molecule has 1 fully saturated rings. The van der Waals surface area contributed by atoms with Crippen LogP contribution in [0.4, 0.5) is 0 Å². The van der Waals surface area contributed by atoms with E-state index in [9.17, 15) is 8.42 Å². The maximum Gasteiger partial charge on any atom is 0.241 e. The standard InChI is InChI=1S/C15H24N2O3S/c1-4-20-14-8-7-13(9-11(14)2)21(18,19)17-15(3,10-16)12-5-6-12/h7-9,12,17H,4-6,10,16H2,1-3H3. The van der Waals surface area contributed by atoms with Gasteiger partial charge in [-0.2, -0.15) is 0 Å². The molecule has 1 aliphatic carbocycles. The molecule has 0 amide bonds. The van der Waals surface area contributed by atoms with E-state index in [1.807, 2.05) is 20.8 Å². The highest BCUT2D eigenvalue weighted by Crippen LogP contribution is 2.39. The Balaban J connectivity index is 2.25. The molecule has 5 nitrogen and oxygen atoms in total. The predicted octanol–water partition coefficient (Wildman–Crippen LogP) is 1.80. The maximum absolute atomic E-state index is 12.6. The molecule has 1 atom stereocenters. The van der Waals surface area contributed by atoms with Crippen LogP contribution in [0.2, 0.25) is 0 Å². The fraction of sp³-hybridized carbons (Fsp3) is 0.600. The van der Waals surface area contributed by atoms with Crippen molar-refractivity contribution in [3.8, 4) is 5.75 Å². The predicted molar refractivity (Wildman–Crippen MR) is 82.9 cm³/mol. The minimum absolute atomic E-state index is 0.253. The quantitative estimate of drug-likeness (QED) is 0.804. The van der Waals surface area contributed by atoms with E-state index in [-0.39, 0.29) is 4.90 Å². The lowest BCUT2D eigenvalue weighted by molar-refractivity contribution is 0.337. The molecular weight excluding hydrogens is 288 g/mol. The van der Waals surface area contributed by atoms with Crippen molar-refractivity contribution in [1.82, 2.24) is 4.72 Å². The van der Waals surface area contributed by atoms with Gasteiger partial charge in [0, 0.05) is 12.1 Å². The lowest BCUT2D eigenvalue weighted by Crippen LogP contribution is -2.52. The first-order chi connectivity index (χ1) is 9.82. The molecule has 1 aromatic carbocycles. The number of nitrogens with two attached hydrogens (primary N) is 1. The molecule has 0 saturated heterocycles. The molecule has 21 heavy (non-hydrogen) atoms. The van der Waals surface area contributed by atoms with Crippen molar-refractivity contribution >= 4 is 10.0 Å². The number of hydrogen-bond acceptors (Lipinski definition) is 4. The van der Waals surface area contributed by atoms with Gasteiger partial charge in [0.1, 0.15) is 5.75 Å². The Bertz CT molecular complexity index is 611. The van der Waals surface area contributed by atoms with Gasteiger partial charge in [0.25, 0.3) is 0 Å². The van der Waals surface area contributed by atoms with Gasteiger partial charge in [0.05, 0.1) is 11.5 Å². The Morgan fingerprint density at radius 3 is 2.57 bits per heavy atom. The van der Waals surface area contributed by atoms with Gasteiger partial charge in [-0.3, -0.25) is 0 Å². The second-order valence-corrected chi connectivity index (χ2v) is 7.54. The Hall–Kier alpha value is -1.11. The Labute approximate surface area is 126 Å². The molecule has 0 bridgehead atoms. The summed E-state index contributed by atoms with van der Waals surface area (Å²) in [6, 6.07) is 4.91. The molecule has 0 aromatic heterocycles. The van der Waals surface area contributed by atoms with Crippen molar-refractivity contribution in [3.05, 3.63) is 23.8 Å². The molecule has 0 heterocycles. The zero-order chi connectivity index (χ0) is 15.7. The van der Waals surface area contributed by atoms with Crippen LogP contribution in [0.1, 0.15) is 32.3 Å². The summed E-state index contributed by atoms with van der Waals surface area (Å²) < 4.78 is 33.3. The van der Waals surface area contributed by atoms with Gasteiger partial charge in [-0.1, -0.05) is 0 Å². The number of hydrogen-bond donors (Lipinski definition) is 2. The first-order valence-corrected chi connectivity index (χ1v) is 8.78. The fourth-order valence-corrected chi connectivity index (χ4v) is 4.05. The highest BCUT2D eigenvalue weighted by atomic mass is 32.2. The minimum atomic E-state index is -3.57. The molecule has 6 heteroatoms. The number of sulfonamides is 1. The topological polar surface area (TPSA) is 81.4 Å². The third-order valence-electron chi connectivity index (χ3n) is 4.03. The minimum Gasteiger partial charge on any atom is -0.494 e. The van der Waals surface area contributed by atoms with Crippen molar-refractivity contribution in [2.75, 3.05) is 13.2 Å². The summed E-state index contributed by atoms with van der Waals surface area (Å²) in [6.07, 6.45) is 2.05. The van der Waals surface area contributed by atoms with E-state index in [1.165, 1.54) is 0 Å². The Kier molecular flexibility index (Phi) is 4.60. The van der Waals surface area contributed by atoms with Gasteiger partial charge in [-0.05, 0) is 63.3 Å². The van der Waals surface area contributed by atoms with E-state index in [2.05, 4.69) is 4.72 Å². The van der Waals surface area contributed by atoms with E-state index in [0.717, 1.165) is 18.4 Å². The number of aryl methyl sites for hydroxylation is 1. The Morgan fingerprint density at radius 2 is 2.10 bits per heavy atom. The van der Waals surface area contributed by atoms with Gasteiger partial charge in [-0.15, -0.1) is 0 Å². The monoisotopic (exact) mass is 312 g/mol. The molecule has 0 radical (unpaired) electrons. The highest BCUT2D eigenvalue weighted by Gasteiger charge is 2.43. The summed E-state index contributed by atoms with van der Waals surface area (Å²) in [5.41, 5.74) is 6.02. The summed E-state index contributed by atoms with van der Waals surface area (Å²) in [5.74, 6) is 1.04. The van der Waals surface area contributed by atoms with Gasteiger partial charge in [-0.25, -0.2) is 13.1 Å². The second-order valence-electron chi connectivity index (χ2n) is 5.86. The lowest BCUT2D eigenvalue weighted by atomic mass is 9.98. The molecule has 1 aromatic rings. The molecule has 1 saturated carbocycles. The third kappa shape index (κ3) is 3.56. The zero-order valence-corrected chi connectivity index (χ0v) is 13.7. The fourth-order valence-electron chi connectivity index (χ4n) is 2.48. The van der Waals surface area contributed by atoms with Crippen molar-refractivity contribution in [2.24, 2.45) is 11.7 Å². The van der Waals surface area contributed by atoms with Crippen LogP contribution in [-0.4, -0.2) is 27.1 Å². The van der Waals surface area contributed by atoms with Crippen LogP contribution in [0.3, 0.4) is 0 Å². The van der Waals surface area contributed by atoms with E-state index < -0.39 is 15.6 Å². The summed E-state index contributed by atoms with van der Waals surface area (Å²) in [4.78, 5) is 0.253. The van der Waals surface area contributed by atoms with Gasteiger partial charge < -0.3 is 10.5 Å². The van der Waals surface area contributed by atoms with Crippen molar-refractivity contribution < 1.29 is 13.2 Å². The molecule has 0 aliphatic heterocycles. The number of benzene rings is 1. The molecule has 2 rings (SSSR count). The van der Waals surface area contributed by atoms with Crippen molar-refractivity contribution in [2.45, 2.75) is 44.0 Å². The second kappa shape index (κ2) is 5.94. The van der Waals surface area contributed by atoms with E-state index >= 15 is 0 Å². The highest BCUT2D eigenvalue weighted by molar-refractivity contribution is 7.89. The molecule has 3 N–H and O–H groups in total. The average Bonchev–Trinajstić information content (AvgIpc) is 3.25. The van der Waals surface area contributed by atoms with E-state index in [4.69, 9.17) is 10.5 Å². The molecule has 1 unspecified atom stereocenters. The maximum atomic E-state index is 12.6. The molecule has 118 valence electrons. The van der Waals surface area contributed by atoms with Crippen LogP contribution in [0.15, 0.2) is 23.1 Å². The summed E-state index contributed by atoms with van der Waals surface area (Å²) in [6.45, 7) is 6.47. The van der Waals surface area contributed by atoms with Gasteiger partial charge >= 0.3 is 0 Å². The number of ether oxygens (including phenoxy) is 1. The van der Waals surface area contributed by atoms with E-state index in [1.54, 1.807) is 18.2 Å². The van der Waals surface area contributed by atoms with Crippen LogP contribution >= 0.6 is 0 Å². The summed E-state index contributed by atoms with van der Waals surface area (Å²) in [7, 11) is -3.57. The van der Waals surface area contributed by atoms with Crippen molar-refractivity contribution in [1.29, 1.82) is 0 Å². The molecular formula is C15H24N2O3S. The van der Waals surface area contributed by atoms with Crippen LogP contribution in [-0.2, 0) is 10.0 Å². The first-order valence-electron chi connectivity index (χ1n) is 7.30. The smallest absolute Gasteiger partial charge is 0.241 e. The van der Waals surface area contributed by atoms with Crippen LogP contribution < -0.4 is 15.2 Å².